The second-order valence-electron chi connectivity index (χ2n) is 5.81. The van der Waals surface area contributed by atoms with Gasteiger partial charge in [-0.15, -0.1) is 0 Å². The number of amides is 1. The molecular weight excluding hydrogens is 314 g/mol. The maximum absolute atomic E-state index is 11.6. The molecule has 2 aliphatic rings. The van der Waals surface area contributed by atoms with Gasteiger partial charge in [-0.2, -0.15) is 0 Å². The Hall–Kier alpha value is -2.83. The van der Waals surface area contributed by atoms with Gasteiger partial charge in [-0.3, -0.25) is 9.69 Å². The summed E-state index contributed by atoms with van der Waals surface area (Å²) in [5, 5.41) is 18.8. The minimum absolute atomic E-state index is 0.0690. The van der Waals surface area contributed by atoms with Gasteiger partial charge in [0.15, 0.2) is 12.3 Å². The van der Waals surface area contributed by atoms with Crippen LogP contribution in [0.4, 0.5) is 0 Å². The van der Waals surface area contributed by atoms with E-state index in [1.54, 1.807) is 0 Å². The maximum Gasteiger partial charge on any atom is 0.335 e. The summed E-state index contributed by atoms with van der Waals surface area (Å²) >= 11 is 0. The Morgan fingerprint density at radius 1 is 1.21 bits per heavy atom. The smallest absolute Gasteiger partial charge is 0.335 e. The zero-order valence-corrected chi connectivity index (χ0v) is 12.8. The Balaban J connectivity index is 1.78. The lowest BCUT2D eigenvalue weighted by Crippen LogP contribution is -2.54. The Morgan fingerprint density at radius 3 is 2.50 bits per heavy atom. The van der Waals surface area contributed by atoms with Gasteiger partial charge in [-0.1, -0.05) is 30.3 Å². The zero-order valence-electron chi connectivity index (χ0n) is 12.8. The first-order chi connectivity index (χ1) is 11.5. The number of ether oxygens (including phenoxy) is 1. The van der Waals surface area contributed by atoms with Crippen LogP contribution in [-0.4, -0.2) is 45.2 Å². The molecule has 2 saturated heterocycles. The highest BCUT2D eigenvalue weighted by Gasteiger charge is 2.55. The molecule has 2 aliphatic heterocycles. The number of fused-ring (bicyclic) bond motifs is 1. The lowest BCUT2D eigenvalue weighted by molar-refractivity contribution is -0.163. The summed E-state index contributed by atoms with van der Waals surface area (Å²) in [4.78, 5) is 35.7. The number of carbonyl (C=O) groups excluding carboxylic acids is 1. The van der Waals surface area contributed by atoms with Crippen molar-refractivity contribution >= 4 is 17.8 Å². The van der Waals surface area contributed by atoms with Crippen molar-refractivity contribution in [2.75, 3.05) is 0 Å². The number of carbonyl (C=O) groups is 3. The third kappa shape index (κ3) is 2.84. The van der Waals surface area contributed by atoms with Gasteiger partial charge in [-0.05, 0) is 24.8 Å². The SMILES string of the molecule is O=C(O)/C(CCCc1ccccc1)=C1/O[C@@H]2CC(=O)N2C1C(=O)O. The van der Waals surface area contributed by atoms with Gasteiger partial charge in [0.2, 0.25) is 5.91 Å². The largest absolute Gasteiger partial charge is 0.479 e. The number of benzene rings is 1. The van der Waals surface area contributed by atoms with E-state index in [0.29, 0.717) is 12.8 Å². The molecule has 2 fully saturated rings. The predicted octanol–water partition coefficient (Wildman–Crippen LogP) is 1.39. The van der Waals surface area contributed by atoms with Crippen LogP contribution in [0.15, 0.2) is 41.7 Å². The van der Waals surface area contributed by atoms with Crippen LogP contribution in [0.25, 0.3) is 0 Å². The number of nitrogens with zero attached hydrogens (tertiary/aromatic N) is 1. The first-order valence-corrected chi connectivity index (χ1v) is 7.70. The van der Waals surface area contributed by atoms with Crippen molar-refractivity contribution in [3.05, 3.63) is 47.2 Å². The Kier molecular flexibility index (Phi) is 4.24. The van der Waals surface area contributed by atoms with Gasteiger partial charge in [0, 0.05) is 0 Å². The first-order valence-electron chi connectivity index (χ1n) is 7.70. The molecule has 0 saturated carbocycles. The number of β-lactam (4-membered cyclic amide) rings is 1. The molecular formula is C17H17NO6. The highest BCUT2D eigenvalue weighted by molar-refractivity contribution is 5.94. The highest BCUT2D eigenvalue weighted by Crippen LogP contribution is 2.38. The minimum atomic E-state index is -1.33. The summed E-state index contributed by atoms with van der Waals surface area (Å²) < 4.78 is 5.45. The van der Waals surface area contributed by atoms with Crippen LogP contribution < -0.4 is 0 Å². The molecule has 2 N–H and O–H groups in total. The summed E-state index contributed by atoms with van der Waals surface area (Å²) in [6, 6.07) is 8.28. The third-order valence-electron chi connectivity index (χ3n) is 4.26. The quantitative estimate of drug-likeness (QED) is 0.603. The van der Waals surface area contributed by atoms with Gasteiger partial charge in [0.05, 0.1) is 12.0 Å². The molecule has 0 radical (unpaired) electrons. The number of hydrogen-bond acceptors (Lipinski definition) is 4. The number of aliphatic carboxylic acids is 2. The number of carboxylic acid groups (broad SMARTS) is 2. The van der Waals surface area contributed by atoms with Crippen molar-refractivity contribution < 1.29 is 29.3 Å². The van der Waals surface area contributed by atoms with E-state index in [1.807, 2.05) is 30.3 Å². The van der Waals surface area contributed by atoms with Crippen LogP contribution in [-0.2, 0) is 25.5 Å². The average molecular weight is 331 g/mol. The normalized spacial score (nSPS) is 24.0. The van der Waals surface area contributed by atoms with Gasteiger partial charge < -0.3 is 14.9 Å². The topological polar surface area (TPSA) is 104 Å². The van der Waals surface area contributed by atoms with Crippen LogP contribution in [0.5, 0.6) is 0 Å². The fourth-order valence-corrected chi connectivity index (χ4v) is 3.06. The van der Waals surface area contributed by atoms with Crippen molar-refractivity contribution in [1.82, 2.24) is 4.90 Å². The van der Waals surface area contributed by atoms with Crippen molar-refractivity contribution in [2.45, 2.75) is 38.0 Å². The predicted molar refractivity (Wildman–Crippen MR) is 81.8 cm³/mol. The molecule has 0 bridgehead atoms. The average Bonchev–Trinajstić information content (AvgIpc) is 2.85. The molecule has 1 aromatic rings. The first kappa shape index (κ1) is 16.0. The van der Waals surface area contributed by atoms with E-state index in [0.717, 1.165) is 10.5 Å². The minimum Gasteiger partial charge on any atom is -0.479 e. The zero-order chi connectivity index (χ0) is 17.3. The monoisotopic (exact) mass is 331 g/mol. The lowest BCUT2D eigenvalue weighted by atomic mass is 10.00. The molecule has 3 rings (SSSR count). The van der Waals surface area contributed by atoms with E-state index in [1.165, 1.54) is 0 Å². The van der Waals surface area contributed by atoms with E-state index >= 15 is 0 Å². The fourth-order valence-electron chi connectivity index (χ4n) is 3.06. The molecule has 126 valence electrons. The van der Waals surface area contributed by atoms with E-state index < -0.39 is 24.2 Å². The van der Waals surface area contributed by atoms with Crippen molar-refractivity contribution in [3.63, 3.8) is 0 Å². The molecule has 1 aromatic carbocycles. The summed E-state index contributed by atoms with van der Waals surface area (Å²) in [5.41, 5.74) is 1.01. The van der Waals surface area contributed by atoms with Gasteiger partial charge in [0.25, 0.3) is 0 Å². The molecule has 0 aliphatic carbocycles. The van der Waals surface area contributed by atoms with E-state index in [-0.39, 0.29) is 30.1 Å². The van der Waals surface area contributed by atoms with Crippen molar-refractivity contribution in [1.29, 1.82) is 0 Å². The Labute approximate surface area is 138 Å². The number of aryl methyl sites for hydroxylation is 1. The van der Waals surface area contributed by atoms with Crippen molar-refractivity contribution in [3.8, 4) is 0 Å². The number of hydrogen-bond donors (Lipinski definition) is 2. The number of carboxylic acids is 2. The maximum atomic E-state index is 11.6. The molecule has 7 nitrogen and oxygen atoms in total. The molecule has 24 heavy (non-hydrogen) atoms. The molecule has 0 spiro atoms. The van der Waals surface area contributed by atoms with E-state index in [2.05, 4.69) is 0 Å². The Bertz CT molecular complexity index is 711. The summed E-state index contributed by atoms with van der Waals surface area (Å²) in [5.74, 6) is -2.93. The fraction of sp³-hybridized carbons (Fsp3) is 0.353. The molecule has 7 heteroatoms. The van der Waals surface area contributed by atoms with Gasteiger partial charge >= 0.3 is 11.9 Å². The van der Waals surface area contributed by atoms with Crippen LogP contribution in [0.2, 0.25) is 0 Å². The third-order valence-corrected chi connectivity index (χ3v) is 4.26. The molecule has 0 aromatic heterocycles. The number of rotatable bonds is 6. The summed E-state index contributed by atoms with van der Waals surface area (Å²) in [6.45, 7) is 0. The summed E-state index contributed by atoms with van der Waals surface area (Å²) in [6.07, 6.45) is 0.831. The summed E-state index contributed by atoms with van der Waals surface area (Å²) in [7, 11) is 0. The van der Waals surface area contributed by atoms with Gasteiger partial charge in [-0.25, -0.2) is 9.59 Å². The van der Waals surface area contributed by atoms with Gasteiger partial charge in [0.1, 0.15) is 5.76 Å². The molecule has 1 amide bonds. The van der Waals surface area contributed by atoms with Crippen molar-refractivity contribution in [2.24, 2.45) is 0 Å². The Morgan fingerprint density at radius 2 is 1.92 bits per heavy atom. The van der Waals surface area contributed by atoms with Crippen LogP contribution in [0.1, 0.15) is 24.8 Å². The lowest BCUT2D eigenvalue weighted by Gasteiger charge is -2.33. The molecule has 1 unspecified atom stereocenters. The second-order valence-corrected chi connectivity index (χ2v) is 5.81. The molecule has 2 atom stereocenters. The van der Waals surface area contributed by atoms with E-state index in [4.69, 9.17) is 4.74 Å². The van der Waals surface area contributed by atoms with Crippen LogP contribution in [0, 0.1) is 0 Å². The standard InChI is InChI=1S/C17H17NO6/c19-12-9-13-18(12)14(17(22)23)15(24-13)11(16(20)21)8-4-7-10-5-2-1-3-6-10/h1-3,5-6,13-14H,4,7-9H2,(H,20,21)(H,22,23)/b15-11+/t13-,14?/m1/s1. The van der Waals surface area contributed by atoms with E-state index in [9.17, 15) is 24.6 Å². The molecule has 2 heterocycles. The van der Waals surface area contributed by atoms with Crippen LogP contribution in [0.3, 0.4) is 0 Å². The highest BCUT2D eigenvalue weighted by atomic mass is 16.5. The van der Waals surface area contributed by atoms with Crippen LogP contribution >= 0.6 is 0 Å². The second kappa shape index (κ2) is 6.35.